The van der Waals surface area contributed by atoms with Crippen LogP contribution in [0, 0.1) is 11.7 Å². The van der Waals surface area contributed by atoms with Gasteiger partial charge in [-0.2, -0.15) is 4.31 Å². The maximum atomic E-state index is 13.6. The topological polar surface area (TPSA) is 133 Å². The van der Waals surface area contributed by atoms with E-state index in [0.29, 0.717) is 0 Å². The zero-order valence-electron chi connectivity index (χ0n) is 22.8. The zero-order valence-corrected chi connectivity index (χ0v) is 24.4. The number of para-hydroxylation sites is 1. The summed E-state index contributed by atoms with van der Waals surface area (Å²) >= 11 is 0. The molecule has 3 aromatic carbocycles. The summed E-state index contributed by atoms with van der Waals surface area (Å²) in [5, 5.41) is 9.87. The lowest BCUT2D eigenvalue weighted by atomic mass is 9.99. The van der Waals surface area contributed by atoms with Crippen molar-refractivity contribution in [1.29, 1.82) is 0 Å². The van der Waals surface area contributed by atoms with Gasteiger partial charge in [0.05, 0.1) is 40.2 Å². The number of sulfonamides is 2. The van der Waals surface area contributed by atoms with E-state index in [-0.39, 0.29) is 46.5 Å². The lowest BCUT2D eigenvalue weighted by Gasteiger charge is -2.38. The molecule has 10 nitrogen and oxygen atoms in total. The molecule has 0 saturated carbocycles. The summed E-state index contributed by atoms with van der Waals surface area (Å²) < 4.78 is 76.2. The normalized spacial score (nSPS) is 18.7. The Labute approximate surface area is 239 Å². The lowest BCUT2D eigenvalue weighted by Crippen LogP contribution is -2.50. The molecule has 1 aliphatic rings. The Hall–Kier alpha value is -3.52. The van der Waals surface area contributed by atoms with Gasteiger partial charge in [0.25, 0.3) is 15.9 Å². The molecule has 4 rings (SSSR count). The first-order chi connectivity index (χ1) is 19.3. The smallest absolute Gasteiger partial charge is 0.262 e. The number of fused-ring (bicyclic) bond motifs is 1. The number of aliphatic hydroxyl groups excluding tert-OH is 1. The molecule has 3 atom stereocenters. The van der Waals surface area contributed by atoms with E-state index in [9.17, 15) is 31.1 Å². The fraction of sp³-hybridized carbons (Fsp3) is 0.321. The molecule has 41 heavy (non-hydrogen) atoms. The Morgan fingerprint density at radius 1 is 1.02 bits per heavy atom. The summed E-state index contributed by atoms with van der Waals surface area (Å²) in [5.41, 5.74) is -0.0143. The summed E-state index contributed by atoms with van der Waals surface area (Å²) in [4.78, 5) is 15.0. The summed E-state index contributed by atoms with van der Waals surface area (Å²) in [5.74, 6) is -1.61. The number of nitrogens with one attached hydrogen (secondary N) is 1. The fourth-order valence-corrected chi connectivity index (χ4v) is 6.75. The second kappa shape index (κ2) is 12.1. The molecule has 0 aliphatic carbocycles. The predicted molar refractivity (Wildman–Crippen MR) is 151 cm³/mol. The molecule has 3 aromatic rings. The number of carbonyl (C=O) groups excluding carboxylic acids is 1. The first-order valence-electron chi connectivity index (χ1n) is 12.9. The average molecular weight is 606 g/mol. The summed E-state index contributed by atoms with van der Waals surface area (Å²) in [6.07, 6.45) is -0.824. The molecule has 13 heteroatoms. The molecular formula is C28H32FN3O7S2. The Bertz CT molecular complexity index is 1600. The van der Waals surface area contributed by atoms with Crippen molar-refractivity contribution in [2.45, 2.75) is 35.8 Å². The highest BCUT2D eigenvalue weighted by atomic mass is 32.2. The van der Waals surface area contributed by atoms with E-state index in [1.54, 1.807) is 32.0 Å². The Kier molecular flexibility index (Phi) is 9.02. The van der Waals surface area contributed by atoms with Crippen molar-refractivity contribution in [1.82, 2.24) is 9.21 Å². The number of halogens is 1. The Morgan fingerprint density at radius 2 is 1.68 bits per heavy atom. The highest BCUT2D eigenvalue weighted by Gasteiger charge is 2.36. The summed E-state index contributed by atoms with van der Waals surface area (Å²) in [6, 6.07) is 15.9. The fourth-order valence-electron chi connectivity index (χ4n) is 4.48. The minimum Gasteiger partial charge on any atom is -0.486 e. The SMILES string of the molecule is C[C@H](CO)N1C[C@H](C)[C@H](CN(C)S(=O)(=O)c2ccccc2)Oc2c(NS(=O)(=O)c3ccc(F)cc3)cccc2C1=O. The van der Waals surface area contributed by atoms with E-state index in [0.717, 1.165) is 28.6 Å². The van der Waals surface area contributed by atoms with Crippen molar-refractivity contribution in [2.75, 3.05) is 31.5 Å². The average Bonchev–Trinajstić information content (AvgIpc) is 2.95. The molecule has 0 aromatic heterocycles. The number of likely N-dealkylation sites (N-methyl/N-ethyl adjacent to an activating group) is 1. The van der Waals surface area contributed by atoms with E-state index in [4.69, 9.17) is 4.74 Å². The van der Waals surface area contributed by atoms with Gasteiger partial charge < -0.3 is 14.7 Å². The van der Waals surface area contributed by atoms with Gasteiger partial charge >= 0.3 is 0 Å². The van der Waals surface area contributed by atoms with Crippen molar-refractivity contribution in [2.24, 2.45) is 5.92 Å². The van der Waals surface area contributed by atoms with Gasteiger partial charge in [0.2, 0.25) is 10.0 Å². The van der Waals surface area contributed by atoms with E-state index >= 15 is 0 Å². The summed E-state index contributed by atoms with van der Waals surface area (Å²) in [7, 11) is -6.69. The van der Waals surface area contributed by atoms with Gasteiger partial charge in [0, 0.05) is 19.5 Å². The molecule has 0 unspecified atom stereocenters. The minimum atomic E-state index is -4.22. The maximum Gasteiger partial charge on any atom is 0.262 e. The molecular weight excluding hydrogens is 573 g/mol. The number of carbonyl (C=O) groups is 1. The first kappa shape index (κ1) is 30.4. The molecule has 0 fully saturated rings. The number of anilines is 1. The van der Waals surface area contributed by atoms with Gasteiger partial charge in [0.1, 0.15) is 11.9 Å². The van der Waals surface area contributed by atoms with Gasteiger partial charge in [-0.05, 0) is 55.5 Å². The van der Waals surface area contributed by atoms with Crippen LogP contribution in [0.15, 0.2) is 82.6 Å². The van der Waals surface area contributed by atoms with Crippen LogP contribution in [-0.2, 0) is 20.0 Å². The van der Waals surface area contributed by atoms with Gasteiger partial charge in [0.15, 0.2) is 5.75 Å². The van der Waals surface area contributed by atoms with Gasteiger partial charge in [-0.15, -0.1) is 0 Å². The molecule has 0 saturated heterocycles. The molecule has 220 valence electrons. The quantitative estimate of drug-likeness (QED) is 0.383. The highest BCUT2D eigenvalue weighted by molar-refractivity contribution is 7.92. The zero-order chi connectivity index (χ0) is 29.9. The lowest BCUT2D eigenvalue weighted by molar-refractivity contribution is 0.0389. The van der Waals surface area contributed by atoms with Crippen LogP contribution in [0.25, 0.3) is 0 Å². The van der Waals surface area contributed by atoms with Crippen LogP contribution in [0.4, 0.5) is 10.1 Å². The third-order valence-electron chi connectivity index (χ3n) is 6.95. The van der Waals surface area contributed by atoms with Crippen molar-refractivity contribution in [3.8, 4) is 5.75 Å². The van der Waals surface area contributed by atoms with Crippen molar-refractivity contribution >= 4 is 31.6 Å². The number of amides is 1. The number of rotatable bonds is 9. The van der Waals surface area contributed by atoms with Crippen LogP contribution in [0.5, 0.6) is 5.75 Å². The number of benzene rings is 3. The molecule has 1 heterocycles. The second-order valence-electron chi connectivity index (χ2n) is 9.96. The van der Waals surface area contributed by atoms with Crippen molar-refractivity contribution in [3.63, 3.8) is 0 Å². The third kappa shape index (κ3) is 6.53. The highest BCUT2D eigenvalue weighted by Crippen LogP contribution is 2.36. The van der Waals surface area contributed by atoms with Crippen LogP contribution in [0.3, 0.4) is 0 Å². The Balaban J connectivity index is 1.76. The maximum absolute atomic E-state index is 13.6. The number of nitrogens with zero attached hydrogens (tertiary/aromatic N) is 2. The second-order valence-corrected chi connectivity index (χ2v) is 13.7. The minimum absolute atomic E-state index is 0.0371. The monoisotopic (exact) mass is 605 g/mol. The van der Waals surface area contributed by atoms with Crippen molar-refractivity contribution in [3.05, 3.63) is 84.2 Å². The van der Waals surface area contributed by atoms with Crippen LogP contribution in [0.1, 0.15) is 24.2 Å². The van der Waals surface area contributed by atoms with E-state index in [1.807, 2.05) is 0 Å². The molecule has 0 bridgehead atoms. The standard InChI is InChI=1S/C28H32FN3O7S2/c1-19-16-32(20(2)18-33)28(34)24-10-7-11-25(30-40(35,36)22-14-12-21(29)13-15-22)27(24)39-26(19)17-31(3)41(37,38)23-8-5-4-6-9-23/h4-15,19-20,26,30,33H,16-18H2,1-3H3/t19-,20+,26-/m0/s1. The largest absolute Gasteiger partial charge is 0.486 e. The molecule has 0 spiro atoms. The molecule has 2 N–H and O–H groups in total. The predicted octanol–water partition coefficient (Wildman–Crippen LogP) is 3.17. The van der Waals surface area contributed by atoms with Gasteiger partial charge in [-0.25, -0.2) is 21.2 Å². The molecule has 1 aliphatic heterocycles. The van der Waals surface area contributed by atoms with E-state index in [2.05, 4.69) is 4.72 Å². The number of hydrogen-bond acceptors (Lipinski definition) is 7. The Morgan fingerprint density at radius 3 is 2.32 bits per heavy atom. The first-order valence-corrected chi connectivity index (χ1v) is 15.8. The van der Waals surface area contributed by atoms with Crippen LogP contribution in [-0.4, -0.2) is 75.9 Å². The summed E-state index contributed by atoms with van der Waals surface area (Å²) in [6.45, 7) is 3.17. The van der Waals surface area contributed by atoms with Gasteiger partial charge in [-0.3, -0.25) is 9.52 Å². The molecule has 1 amide bonds. The molecule has 0 radical (unpaired) electrons. The number of hydrogen-bond donors (Lipinski definition) is 2. The van der Waals surface area contributed by atoms with Crippen LogP contribution < -0.4 is 9.46 Å². The van der Waals surface area contributed by atoms with E-state index in [1.165, 1.54) is 42.3 Å². The van der Waals surface area contributed by atoms with Crippen LogP contribution in [0.2, 0.25) is 0 Å². The van der Waals surface area contributed by atoms with Crippen molar-refractivity contribution < 1.29 is 35.9 Å². The number of ether oxygens (including phenoxy) is 1. The van der Waals surface area contributed by atoms with Crippen LogP contribution >= 0.6 is 0 Å². The third-order valence-corrected chi connectivity index (χ3v) is 10.2. The van der Waals surface area contributed by atoms with E-state index < -0.39 is 49.8 Å². The van der Waals surface area contributed by atoms with Gasteiger partial charge in [-0.1, -0.05) is 31.2 Å². The number of aliphatic hydroxyl groups is 1.